The number of hydrogen-bond donors (Lipinski definition) is 0. The van der Waals surface area contributed by atoms with Crippen molar-refractivity contribution in [3.8, 4) is 0 Å². The van der Waals surface area contributed by atoms with Crippen LogP contribution in [0.15, 0.2) is 36.5 Å². The quantitative estimate of drug-likeness (QED) is 0.460. The molecule has 0 nitrogen and oxygen atoms in total. The Hall–Kier alpha value is -0.780. The summed E-state index contributed by atoms with van der Waals surface area (Å²) in [5.41, 5.74) is 0. The monoisotopic (exact) mass is 148 g/mol. The lowest BCUT2D eigenvalue weighted by atomic mass is 10.2. The fraction of sp³-hybridized carbons (Fsp3) is 0.455. The topological polar surface area (TPSA) is 0 Å². The van der Waals surface area contributed by atoms with E-state index in [1.165, 1.54) is 19.3 Å². The molecule has 1 rings (SSSR count). The van der Waals surface area contributed by atoms with Gasteiger partial charge in [0.1, 0.15) is 0 Å². The number of hydrogen-bond acceptors (Lipinski definition) is 0. The van der Waals surface area contributed by atoms with Gasteiger partial charge < -0.3 is 0 Å². The van der Waals surface area contributed by atoms with Gasteiger partial charge >= 0.3 is 0 Å². The molecule has 0 N–H and O–H groups in total. The third kappa shape index (κ3) is 4.60. The first kappa shape index (κ1) is 8.32. The lowest BCUT2D eigenvalue weighted by Crippen LogP contribution is -1.67. The summed E-state index contributed by atoms with van der Waals surface area (Å²) < 4.78 is 0. The smallest absolute Gasteiger partial charge is 0.0169 e. The van der Waals surface area contributed by atoms with Crippen LogP contribution in [0.1, 0.15) is 32.1 Å². The lowest BCUT2D eigenvalue weighted by Gasteiger charge is -1.88. The maximum absolute atomic E-state index is 2.28. The molecule has 60 valence electrons. The molecule has 11 heavy (non-hydrogen) atoms. The van der Waals surface area contributed by atoms with Crippen molar-refractivity contribution < 1.29 is 0 Å². The van der Waals surface area contributed by atoms with E-state index in [4.69, 9.17) is 0 Å². The minimum absolute atomic E-state index is 1.10. The summed E-state index contributed by atoms with van der Waals surface area (Å²) in [4.78, 5) is 0. The van der Waals surface area contributed by atoms with E-state index in [1.54, 1.807) is 0 Å². The fourth-order valence-electron chi connectivity index (χ4n) is 1.13. The van der Waals surface area contributed by atoms with Gasteiger partial charge in [-0.3, -0.25) is 0 Å². The van der Waals surface area contributed by atoms with Gasteiger partial charge in [0.15, 0.2) is 0 Å². The van der Waals surface area contributed by atoms with Gasteiger partial charge in [-0.2, -0.15) is 0 Å². The second kappa shape index (κ2) is 5.96. The summed E-state index contributed by atoms with van der Waals surface area (Å²) in [6, 6.07) is 0. The van der Waals surface area contributed by atoms with E-state index < -0.39 is 0 Å². The van der Waals surface area contributed by atoms with Crippen molar-refractivity contribution in [2.24, 2.45) is 0 Å². The Morgan fingerprint density at radius 1 is 0.545 bits per heavy atom. The summed E-state index contributed by atoms with van der Waals surface area (Å²) in [6.07, 6.45) is 19.5. The molecule has 0 bridgehead atoms. The molecule has 0 aromatic carbocycles. The van der Waals surface area contributed by atoms with Gasteiger partial charge in [-0.05, 0) is 32.1 Å². The van der Waals surface area contributed by atoms with Crippen molar-refractivity contribution in [1.29, 1.82) is 0 Å². The predicted molar refractivity (Wildman–Crippen MR) is 50.5 cm³/mol. The first-order valence-corrected chi connectivity index (χ1v) is 4.45. The molecule has 0 heteroatoms. The summed E-state index contributed by atoms with van der Waals surface area (Å²) in [7, 11) is 0. The highest BCUT2D eigenvalue weighted by atomic mass is 13.9. The molecule has 0 amide bonds. The van der Waals surface area contributed by atoms with Crippen LogP contribution in [0.25, 0.3) is 0 Å². The number of rotatable bonds is 0. The van der Waals surface area contributed by atoms with E-state index in [-0.39, 0.29) is 0 Å². The lowest BCUT2D eigenvalue weighted by molar-refractivity contribution is 0.865. The summed E-state index contributed by atoms with van der Waals surface area (Å²) >= 11 is 0. The average Bonchev–Trinajstić information content (AvgIpc) is 2.08. The molecule has 1 aliphatic rings. The van der Waals surface area contributed by atoms with Crippen LogP contribution in [0.4, 0.5) is 0 Å². The molecule has 1 aliphatic carbocycles. The zero-order valence-corrected chi connectivity index (χ0v) is 7.00. The van der Waals surface area contributed by atoms with Crippen molar-refractivity contribution in [3.63, 3.8) is 0 Å². The standard InChI is InChI=1S/C11H16/c1-2-4-6-8-10-11-9-7-5-3-1/h1-2,5-8H,3-4,9-11H2. The van der Waals surface area contributed by atoms with Crippen molar-refractivity contribution >= 4 is 0 Å². The van der Waals surface area contributed by atoms with E-state index in [0.29, 0.717) is 0 Å². The van der Waals surface area contributed by atoms with Crippen molar-refractivity contribution in [3.05, 3.63) is 36.5 Å². The van der Waals surface area contributed by atoms with E-state index in [9.17, 15) is 0 Å². The molecule has 0 aromatic heterocycles. The maximum atomic E-state index is 2.28. The van der Waals surface area contributed by atoms with E-state index in [2.05, 4.69) is 36.5 Å². The van der Waals surface area contributed by atoms with Crippen LogP contribution in [-0.2, 0) is 0 Å². The van der Waals surface area contributed by atoms with Gasteiger partial charge in [0, 0.05) is 0 Å². The highest BCUT2D eigenvalue weighted by Gasteiger charge is 1.81. The number of allylic oxidation sites excluding steroid dienone is 6. The third-order valence-corrected chi connectivity index (χ3v) is 1.79. The fourth-order valence-corrected chi connectivity index (χ4v) is 1.13. The second-order valence-corrected chi connectivity index (χ2v) is 2.82. The maximum Gasteiger partial charge on any atom is -0.0169 e. The van der Waals surface area contributed by atoms with Crippen LogP contribution in [0.3, 0.4) is 0 Å². The van der Waals surface area contributed by atoms with Crippen LogP contribution in [0.5, 0.6) is 0 Å². The molecule has 0 fully saturated rings. The molecule has 0 atom stereocenters. The highest BCUT2D eigenvalue weighted by Crippen LogP contribution is 2.02. The van der Waals surface area contributed by atoms with Crippen molar-refractivity contribution in [1.82, 2.24) is 0 Å². The van der Waals surface area contributed by atoms with Gasteiger partial charge in [0.25, 0.3) is 0 Å². The zero-order chi connectivity index (χ0) is 7.78. The molecule has 0 saturated carbocycles. The van der Waals surface area contributed by atoms with Crippen molar-refractivity contribution in [2.45, 2.75) is 32.1 Å². The Morgan fingerprint density at radius 2 is 1.00 bits per heavy atom. The van der Waals surface area contributed by atoms with Crippen LogP contribution < -0.4 is 0 Å². The van der Waals surface area contributed by atoms with E-state index in [0.717, 1.165) is 12.8 Å². The molecule has 0 aliphatic heterocycles. The molecule has 0 radical (unpaired) electrons. The first-order chi connectivity index (χ1) is 5.50. The van der Waals surface area contributed by atoms with Gasteiger partial charge in [0.2, 0.25) is 0 Å². The molecule has 0 saturated heterocycles. The third-order valence-electron chi connectivity index (χ3n) is 1.79. The minimum atomic E-state index is 1.10. The summed E-state index contributed by atoms with van der Waals surface area (Å²) in [5, 5.41) is 0. The Kier molecular flexibility index (Phi) is 4.51. The van der Waals surface area contributed by atoms with Crippen LogP contribution >= 0.6 is 0 Å². The Balaban J connectivity index is 2.34. The second-order valence-electron chi connectivity index (χ2n) is 2.82. The Bertz CT molecular complexity index is 143. The normalized spacial score (nSPS) is 19.6. The van der Waals surface area contributed by atoms with E-state index in [1.807, 2.05) is 0 Å². The minimum Gasteiger partial charge on any atom is -0.0882 e. The van der Waals surface area contributed by atoms with Crippen molar-refractivity contribution in [2.75, 3.05) is 0 Å². The highest BCUT2D eigenvalue weighted by molar-refractivity contribution is 4.98. The van der Waals surface area contributed by atoms with Gasteiger partial charge in [-0.25, -0.2) is 0 Å². The molecular formula is C11H16. The van der Waals surface area contributed by atoms with Crippen LogP contribution in [0.2, 0.25) is 0 Å². The van der Waals surface area contributed by atoms with Crippen LogP contribution in [0, 0.1) is 0 Å². The Labute approximate surface area is 69.3 Å². The van der Waals surface area contributed by atoms with E-state index >= 15 is 0 Å². The summed E-state index contributed by atoms with van der Waals surface area (Å²) in [6.45, 7) is 0. The van der Waals surface area contributed by atoms with Gasteiger partial charge in [-0.15, -0.1) is 0 Å². The molecule has 0 heterocycles. The molecular weight excluding hydrogens is 132 g/mol. The van der Waals surface area contributed by atoms with Gasteiger partial charge in [-0.1, -0.05) is 36.5 Å². The Morgan fingerprint density at radius 3 is 1.55 bits per heavy atom. The first-order valence-electron chi connectivity index (χ1n) is 4.45. The predicted octanol–water partition coefficient (Wildman–Crippen LogP) is 3.62. The summed E-state index contributed by atoms with van der Waals surface area (Å²) in [5.74, 6) is 0. The average molecular weight is 148 g/mol. The SMILES string of the molecule is C1=CCC=CCCCC=CC1. The molecule has 0 spiro atoms. The van der Waals surface area contributed by atoms with Gasteiger partial charge in [0.05, 0.1) is 0 Å². The van der Waals surface area contributed by atoms with Crippen LogP contribution in [-0.4, -0.2) is 0 Å². The largest absolute Gasteiger partial charge is 0.0882 e. The molecule has 0 unspecified atom stereocenters. The molecule has 0 aromatic rings. The zero-order valence-electron chi connectivity index (χ0n) is 7.00.